The molecule has 0 saturated heterocycles. The molecule has 0 fully saturated rings. The van der Waals surface area contributed by atoms with E-state index in [-0.39, 0.29) is 0 Å². The maximum Gasteiger partial charge on any atom is 0.141 e. The molecule has 1 aromatic heterocycles. The molecule has 0 saturated carbocycles. The maximum absolute atomic E-state index is 6.87. The van der Waals surface area contributed by atoms with Gasteiger partial charge in [0, 0.05) is 20.8 Å². The molecule has 7 aromatic rings. The Morgan fingerprint density at radius 2 is 1.16 bits per heavy atom. The van der Waals surface area contributed by atoms with Crippen LogP contribution in [0.15, 0.2) is 124 Å². The molecular formula is C35H19BrO. The van der Waals surface area contributed by atoms with E-state index in [1.165, 1.54) is 66.1 Å². The highest BCUT2D eigenvalue weighted by Gasteiger charge is 2.53. The summed E-state index contributed by atoms with van der Waals surface area (Å²) >= 11 is 3.75. The molecule has 6 aromatic carbocycles. The molecule has 9 rings (SSSR count). The molecule has 172 valence electrons. The summed E-state index contributed by atoms with van der Waals surface area (Å²) < 4.78 is 7.96. The van der Waals surface area contributed by atoms with E-state index < -0.39 is 5.41 Å². The van der Waals surface area contributed by atoms with Gasteiger partial charge in [0.25, 0.3) is 0 Å². The van der Waals surface area contributed by atoms with E-state index in [2.05, 4.69) is 131 Å². The molecule has 2 aliphatic carbocycles. The minimum absolute atomic E-state index is 0.450. The Hall–Kier alpha value is -4.14. The van der Waals surface area contributed by atoms with Crippen LogP contribution in [0, 0.1) is 0 Å². The molecule has 0 amide bonds. The van der Waals surface area contributed by atoms with Crippen LogP contribution in [0.1, 0.15) is 22.3 Å². The summed E-state index contributed by atoms with van der Waals surface area (Å²) in [4.78, 5) is 0. The van der Waals surface area contributed by atoms with E-state index in [4.69, 9.17) is 4.42 Å². The number of para-hydroxylation sites is 1. The third-order valence-corrected chi connectivity index (χ3v) is 9.01. The Kier molecular flexibility index (Phi) is 3.66. The van der Waals surface area contributed by atoms with Gasteiger partial charge in [0.1, 0.15) is 11.2 Å². The first kappa shape index (κ1) is 20.0. The predicted molar refractivity (Wildman–Crippen MR) is 155 cm³/mol. The van der Waals surface area contributed by atoms with Crippen LogP contribution in [0.3, 0.4) is 0 Å². The first-order chi connectivity index (χ1) is 18.3. The van der Waals surface area contributed by atoms with Crippen LogP contribution in [0.25, 0.3) is 55.0 Å². The first-order valence-electron chi connectivity index (χ1n) is 12.6. The van der Waals surface area contributed by atoms with Crippen molar-refractivity contribution in [3.05, 3.63) is 142 Å². The molecular weight excluding hydrogens is 516 g/mol. The van der Waals surface area contributed by atoms with Crippen LogP contribution < -0.4 is 0 Å². The van der Waals surface area contributed by atoms with E-state index >= 15 is 0 Å². The molecule has 0 N–H and O–H groups in total. The fourth-order valence-electron chi connectivity index (χ4n) is 7.27. The van der Waals surface area contributed by atoms with Gasteiger partial charge in [-0.15, -0.1) is 0 Å². The number of halogens is 1. The minimum Gasteiger partial charge on any atom is -0.456 e. The summed E-state index contributed by atoms with van der Waals surface area (Å²) in [7, 11) is 0. The molecule has 0 aliphatic heterocycles. The number of rotatable bonds is 0. The number of hydrogen-bond acceptors (Lipinski definition) is 1. The Balaban J connectivity index is 1.62. The molecule has 1 nitrogen and oxygen atoms in total. The fourth-order valence-corrected chi connectivity index (χ4v) is 7.63. The van der Waals surface area contributed by atoms with Crippen molar-refractivity contribution in [3.8, 4) is 22.3 Å². The molecule has 1 spiro atoms. The number of hydrogen-bond donors (Lipinski definition) is 0. The predicted octanol–water partition coefficient (Wildman–Crippen LogP) is 9.85. The smallest absolute Gasteiger partial charge is 0.141 e. The molecule has 1 heterocycles. The average Bonchev–Trinajstić information content (AvgIpc) is 3.57. The van der Waals surface area contributed by atoms with Crippen LogP contribution in [-0.2, 0) is 5.41 Å². The van der Waals surface area contributed by atoms with Crippen LogP contribution in [0.4, 0.5) is 0 Å². The lowest BCUT2D eigenvalue weighted by atomic mass is 9.70. The highest BCUT2D eigenvalue weighted by atomic mass is 79.9. The van der Waals surface area contributed by atoms with E-state index in [9.17, 15) is 0 Å². The van der Waals surface area contributed by atoms with E-state index in [1.807, 2.05) is 0 Å². The summed E-state index contributed by atoms with van der Waals surface area (Å²) in [6, 6.07) is 42.0. The third kappa shape index (κ3) is 2.23. The van der Waals surface area contributed by atoms with Gasteiger partial charge in [-0.2, -0.15) is 0 Å². The molecule has 0 radical (unpaired) electrons. The first-order valence-corrected chi connectivity index (χ1v) is 13.4. The summed E-state index contributed by atoms with van der Waals surface area (Å²) in [6.45, 7) is 0. The van der Waals surface area contributed by atoms with Crippen LogP contribution in [0.2, 0.25) is 0 Å². The summed E-state index contributed by atoms with van der Waals surface area (Å²) in [5.41, 5.74) is 11.9. The molecule has 2 aliphatic rings. The quantitative estimate of drug-likeness (QED) is 0.188. The number of benzene rings is 6. The van der Waals surface area contributed by atoms with Gasteiger partial charge in [0.15, 0.2) is 0 Å². The summed E-state index contributed by atoms with van der Waals surface area (Å²) in [5.74, 6) is 0. The zero-order chi connectivity index (χ0) is 24.3. The van der Waals surface area contributed by atoms with Gasteiger partial charge in [0.05, 0.1) is 5.41 Å². The van der Waals surface area contributed by atoms with Crippen molar-refractivity contribution in [1.29, 1.82) is 0 Å². The fraction of sp³-hybridized carbons (Fsp3) is 0.0286. The molecule has 1 atom stereocenters. The maximum atomic E-state index is 6.87. The minimum atomic E-state index is -0.450. The van der Waals surface area contributed by atoms with Crippen LogP contribution in [0.5, 0.6) is 0 Å². The van der Waals surface area contributed by atoms with E-state index in [0.29, 0.717) is 0 Å². The van der Waals surface area contributed by atoms with Gasteiger partial charge in [0.2, 0.25) is 0 Å². The molecule has 37 heavy (non-hydrogen) atoms. The highest BCUT2D eigenvalue weighted by molar-refractivity contribution is 9.10. The van der Waals surface area contributed by atoms with Crippen molar-refractivity contribution in [2.45, 2.75) is 5.41 Å². The van der Waals surface area contributed by atoms with Gasteiger partial charge in [-0.05, 0) is 67.9 Å². The Labute approximate surface area is 222 Å². The van der Waals surface area contributed by atoms with Crippen molar-refractivity contribution in [2.24, 2.45) is 0 Å². The zero-order valence-electron chi connectivity index (χ0n) is 19.8. The average molecular weight is 535 g/mol. The SMILES string of the molecule is Brc1ccc2c(c1)-c1ccccc1C21c2ccccc2-c2c1c1oc3ccccc3c1c1ccccc21. The van der Waals surface area contributed by atoms with Crippen molar-refractivity contribution in [3.63, 3.8) is 0 Å². The lowest BCUT2D eigenvalue weighted by Crippen LogP contribution is -2.26. The second-order valence-corrected chi connectivity index (χ2v) is 11.0. The second-order valence-electron chi connectivity index (χ2n) is 10.1. The lowest BCUT2D eigenvalue weighted by molar-refractivity contribution is 0.653. The molecule has 2 heteroatoms. The van der Waals surface area contributed by atoms with Crippen molar-refractivity contribution < 1.29 is 4.42 Å². The Morgan fingerprint density at radius 3 is 2.00 bits per heavy atom. The van der Waals surface area contributed by atoms with Gasteiger partial charge >= 0.3 is 0 Å². The lowest BCUT2D eigenvalue weighted by Gasteiger charge is -2.30. The summed E-state index contributed by atoms with van der Waals surface area (Å²) in [5, 5.41) is 4.91. The van der Waals surface area contributed by atoms with Crippen LogP contribution >= 0.6 is 15.9 Å². The molecule has 1 unspecified atom stereocenters. The Bertz CT molecular complexity index is 2110. The largest absolute Gasteiger partial charge is 0.456 e. The number of furan rings is 1. The van der Waals surface area contributed by atoms with E-state index in [1.54, 1.807) is 0 Å². The van der Waals surface area contributed by atoms with Crippen molar-refractivity contribution >= 4 is 48.6 Å². The van der Waals surface area contributed by atoms with Crippen molar-refractivity contribution in [2.75, 3.05) is 0 Å². The van der Waals surface area contributed by atoms with Gasteiger partial charge in [-0.3, -0.25) is 0 Å². The van der Waals surface area contributed by atoms with Crippen molar-refractivity contribution in [1.82, 2.24) is 0 Å². The van der Waals surface area contributed by atoms with Gasteiger partial charge in [-0.1, -0.05) is 113 Å². The molecule has 0 bridgehead atoms. The Morgan fingerprint density at radius 1 is 0.541 bits per heavy atom. The third-order valence-electron chi connectivity index (χ3n) is 8.52. The highest BCUT2D eigenvalue weighted by Crippen LogP contribution is 2.65. The van der Waals surface area contributed by atoms with E-state index in [0.717, 1.165) is 15.6 Å². The standard InChI is InChI=1S/C35H19BrO/c36-20-17-18-29-26(19-20)21-9-3-6-14-27(21)35(29)28-15-7-4-12-24(28)31-22-10-1-2-11-23(22)32-25-13-5-8-16-30(25)37-34(32)33(31)35/h1-19H. The van der Waals surface area contributed by atoms with Crippen LogP contribution in [-0.4, -0.2) is 0 Å². The monoisotopic (exact) mass is 534 g/mol. The topological polar surface area (TPSA) is 13.1 Å². The number of fused-ring (bicyclic) bond motifs is 17. The van der Waals surface area contributed by atoms with Gasteiger partial charge in [-0.25, -0.2) is 0 Å². The van der Waals surface area contributed by atoms with Gasteiger partial charge < -0.3 is 4.42 Å². The second kappa shape index (κ2) is 6.79. The normalized spacial score (nSPS) is 16.9. The zero-order valence-corrected chi connectivity index (χ0v) is 21.3. The summed E-state index contributed by atoms with van der Waals surface area (Å²) in [6.07, 6.45) is 0.